The molecule has 0 saturated heterocycles. The quantitative estimate of drug-likeness (QED) is 0.448. The number of methoxy groups -OCH3 is 1. The van der Waals surface area contributed by atoms with Gasteiger partial charge in [0.2, 0.25) is 5.91 Å². The fourth-order valence-electron chi connectivity index (χ4n) is 3.95. The molecule has 0 radical (unpaired) electrons. The van der Waals surface area contributed by atoms with E-state index in [1.807, 2.05) is 37.3 Å². The van der Waals surface area contributed by atoms with E-state index in [1.54, 1.807) is 7.11 Å². The summed E-state index contributed by atoms with van der Waals surface area (Å²) in [6.45, 7) is 3.16. The zero-order chi connectivity index (χ0) is 21.8. The molecule has 164 valence electrons. The maximum absolute atomic E-state index is 13.2. The molecule has 1 aromatic rings. The molecule has 1 atom stereocenters. The summed E-state index contributed by atoms with van der Waals surface area (Å²) in [6.07, 6.45) is 3.95. The molecule has 3 aliphatic rings. The highest BCUT2D eigenvalue weighted by molar-refractivity contribution is 7.99. The number of nitrogens with zero attached hydrogens (tertiary/aromatic N) is 4. The van der Waals surface area contributed by atoms with Crippen molar-refractivity contribution in [3.63, 3.8) is 0 Å². The Balaban J connectivity index is 1.69. The van der Waals surface area contributed by atoms with Gasteiger partial charge in [-0.2, -0.15) is 4.68 Å². The van der Waals surface area contributed by atoms with E-state index in [0.717, 1.165) is 48.8 Å². The molecule has 4 rings (SSSR count). The summed E-state index contributed by atoms with van der Waals surface area (Å²) in [5.41, 5.74) is 2.15. The van der Waals surface area contributed by atoms with Crippen molar-refractivity contribution in [1.82, 2.24) is 24.6 Å². The number of carbonyl (C=O) groups is 1. The van der Waals surface area contributed by atoms with Gasteiger partial charge in [-0.15, -0.1) is 5.10 Å². The van der Waals surface area contributed by atoms with Crippen LogP contribution in [0.1, 0.15) is 31.9 Å². The third-order valence-electron chi connectivity index (χ3n) is 5.32. The van der Waals surface area contributed by atoms with Crippen molar-refractivity contribution in [2.24, 2.45) is 0 Å². The second-order valence-electron chi connectivity index (χ2n) is 7.77. The molecule has 0 unspecified atom stereocenters. The topological polar surface area (TPSA) is 91.0 Å². The van der Waals surface area contributed by atoms with Gasteiger partial charge in [0.25, 0.3) is 5.56 Å². The van der Waals surface area contributed by atoms with Crippen molar-refractivity contribution in [3.8, 4) is 17.1 Å². The van der Waals surface area contributed by atoms with Gasteiger partial charge in [-0.3, -0.25) is 9.59 Å². The first-order valence-corrected chi connectivity index (χ1v) is 11.6. The van der Waals surface area contributed by atoms with Gasteiger partial charge in [0.05, 0.1) is 18.0 Å². The molecule has 0 bridgehead atoms. The molecule has 3 aliphatic heterocycles. The molecular weight excluding hydrogens is 414 g/mol. The van der Waals surface area contributed by atoms with Crippen LogP contribution in [0.5, 0.6) is 0 Å². The Morgan fingerprint density at radius 3 is 2.84 bits per heavy atom. The highest BCUT2D eigenvalue weighted by Gasteiger charge is 2.27. The maximum atomic E-state index is 13.2. The Morgan fingerprint density at radius 2 is 2.06 bits per heavy atom. The molecule has 0 spiro atoms. The number of ether oxygens (including phenoxy) is 1. The fraction of sp³-hybridized carbons (Fsp3) is 0.455. The lowest BCUT2D eigenvalue weighted by molar-refractivity contribution is -0.119. The second kappa shape index (κ2) is 9.65. The van der Waals surface area contributed by atoms with Crippen LogP contribution in [-0.4, -0.2) is 50.8 Å². The molecule has 8 nitrogen and oxygen atoms in total. The molecule has 1 aromatic carbocycles. The average molecular weight is 442 g/mol. The summed E-state index contributed by atoms with van der Waals surface area (Å²) >= 11 is 1.39. The molecule has 0 saturated carbocycles. The van der Waals surface area contributed by atoms with E-state index >= 15 is 0 Å². The van der Waals surface area contributed by atoms with Gasteiger partial charge in [0.15, 0.2) is 11.0 Å². The number of amides is 1. The van der Waals surface area contributed by atoms with Crippen LogP contribution in [0.25, 0.3) is 17.1 Å². The molecule has 9 heteroatoms. The van der Waals surface area contributed by atoms with Crippen molar-refractivity contribution in [1.29, 1.82) is 0 Å². The van der Waals surface area contributed by atoms with Crippen LogP contribution in [0.3, 0.4) is 0 Å². The highest BCUT2D eigenvalue weighted by atomic mass is 32.2. The van der Waals surface area contributed by atoms with E-state index in [9.17, 15) is 9.59 Å². The van der Waals surface area contributed by atoms with Gasteiger partial charge in [-0.1, -0.05) is 36.4 Å². The van der Waals surface area contributed by atoms with E-state index < -0.39 is 0 Å². The lowest BCUT2D eigenvalue weighted by Crippen LogP contribution is -2.36. The number of rotatable bonds is 7. The molecule has 0 fully saturated rings. The zero-order valence-electron chi connectivity index (χ0n) is 17.8. The molecule has 3 heterocycles. The SMILES string of the molecule is COC[C@@H](C)NC(=O)CSc1nc2nn(-c3ccccc3)c(=O)c-2c2n1CCCCC2. The predicted octanol–water partition coefficient (Wildman–Crippen LogP) is 2.50. The highest BCUT2D eigenvalue weighted by Crippen LogP contribution is 2.30. The van der Waals surface area contributed by atoms with E-state index in [0.29, 0.717) is 18.0 Å². The number of thioether (sulfide) groups is 1. The zero-order valence-corrected chi connectivity index (χ0v) is 18.7. The Kier molecular flexibility index (Phi) is 6.72. The Morgan fingerprint density at radius 1 is 1.26 bits per heavy atom. The number of benzene rings is 1. The van der Waals surface area contributed by atoms with Crippen LogP contribution in [0.4, 0.5) is 0 Å². The van der Waals surface area contributed by atoms with Crippen LogP contribution in [-0.2, 0) is 22.5 Å². The average Bonchev–Trinajstić information content (AvgIpc) is 2.93. The van der Waals surface area contributed by atoms with Crippen LogP contribution < -0.4 is 10.9 Å². The summed E-state index contributed by atoms with van der Waals surface area (Å²) < 4.78 is 8.62. The van der Waals surface area contributed by atoms with Crippen LogP contribution in [0.15, 0.2) is 40.3 Å². The number of para-hydroxylation sites is 1. The third kappa shape index (κ3) is 4.67. The molecule has 31 heavy (non-hydrogen) atoms. The van der Waals surface area contributed by atoms with Gasteiger partial charge in [-0.05, 0) is 38.3 Å². The summed E-state index contributed by atoms with van der Waals surface area (Å²) in [7, 11) is 1.61. The minimum Gasteiger partial charge on any atom is -0.383 e. The second-order valence-corrected chi connectivity index (χ2v) is 8.71. The first kappa shape index (κ1) is 21.6. The van der Waals surface area contributed by atoms with Crippen LogP contribution in [0.2, 0.25) is 0 Å². The summed E-state index contributed by atoms with van der Waals surface area (Å²) in [5.74, 6) is 0.617. The number of carbonyl (C=O) groups excluding carboxylic acids is 1. The number of hydrogen-bond acceptors (Lipinski definition) is 6. The first-order valence-electron chi connectivity index (χ1n) is 10.6. The minimum absolute atomic E-state index is 0.0529. The summed E-state index contributed by atoms with van der Waals surface area (Å²) in [6, 6.07) is 9.34. The van der Waals surface area contributed by atoms with Crippen LogP contribution in [0, 0.1) is 0 Å². The normalized spacial score (nSPS) is 14.8. The number of fused-ring (bicyclic) bond motifs is 3. The molecule has 1 amide bonds. The van der Waals surface area contributed by atoms with Crippen molar-refractivity contribution < 1.29 is 9.53 Å². The number of nitrogens with one attached hydrogen (secondary N) is 1. The van der Waals surface area contributed by atoms with Gasteiger partial charge in [-0.25, -0.2) is 4.98 Å². The van der Waals surface area contributed by atoms with Gasteiger partial charge in [0, 0.05) is 25.4 Å². The largest absolute Gasteiger partial charge is 0.383 e. The fourth-order valence-corrected chi connectivity index (χ4v) is 4.80. The van der Waals surface area contributed by atoms with Crippen molar-refractivity contribution in [3.05, 3.63) is 46.4 Å². The Labute approximate surface area is 185 Å². The van der Waals surface area contributed by atoms with E-state index in [4.69, 9.17) is 9.72 Å². The van der Waals surface area contributed by atoms with E-state index in [1.165, 1.54) is 16.4 Å². The number of aromatic nitrogens is 4. The molecule has 0 aliphatic carbocycles. The van der Waals surface area contributed by atoms with Crippen LogP contribution >= 0.6 is 11.8 Å². The monoisotopic (exact) mass is 441 g/mol. The van der Waals surface area contributed by atoms with Crippen molar-refractivity contribution in [2.45, 2.75) is 50.4 Å². The Hall–Kier alpha value is -2.65. The minimum atomic E-state index is -0.137. The summed E-state index contributed by atoms with van der Waals surface area (Å²) in [4.78, 5) is 30.3. The van der Waals surface area contributed by atoms with Crippen molar-refractivity contribution in [2.75, 3.05) is 19.5 Å². The third-order valence-corrected chi connectivity index (χ3v) is 6.30. The Bertz CT molecular complexity index is 1080. The van der Waals surface area contributed by atoms with E-state index in [2.05, 4.69) is 15.0 Å². The van der Waals surface area contributed by atoms with Gasteiger partial charge in [0.1, 0.15) is 5.56 Å². The maximum Gasteiger partial charge on any atom is 0.284 e. The van der Waals surface area contributed by atoms with E-state index in [-0.39, 0.29) is 23.3 Å². The van der Waals surface area contributed by atoms with Gasteiger partial charge < -0.3 is 14.6 Å². The van der Waals surface area contributed by atoms with Crippen molar-refractivity contribution >= 4 is 17.7 Å². The first-order chi connectivity index (χ1) is 15.1. The lowest BCUT2D eigenvalue weighted by atomic mass is 10.1. The molecular formula is C22H27N5O3S. The summed E-state index contributed by atoms with van der Waals surface area (Å²) in [5, 5.41) is 8.19. The molecule has 1 N–H and O–H groups in total. The number of hydrogen-bond donors (Lipinski definition) is 1. The lowest BCUT2D eigenvalue weighted by Gasteiger charge is -2.18. The molecule has 0 aromatic heterocycles. The van der Waals surface area contributed by atoms with Gasteiger partial charge >= 0.3 is 0 Å². The predicted molar refractivity (Wildman–Crippen MR) is 120 cm³/mol. The smallest absolute Gasteiger partial charge is 0.284 e. The standard InChI is InChI=1S/C22H27N5O3S/c1-15(13-30-2)23-18(28)14-31-22-24-20-19(17-11-7-4-8-12-26(17)22)21(29)27(25-20)16-9-5-3-6-10-16/h3,5-6,9-10,15H,4,7-8,11-14H2,1-2H3,(H,23,28)/t15-/m1/s1.